The maximum absolute atomic E-state index is 13.8. The molecular weight excluding hydrogens is 415 g/mol. The van der Waals surface area contributed by atoms with Crippen molar-refractivity contribution in [2.75, 3.05) is 13.1 Å². The number of carbonyl (C=O) groups excluding carboxylic acids is 2. The van der Waals surface area contributed by atoms with Crippen molar-refractivity contribution in [3.8, 4) is 5.75 Å². The van der Waals surface area contributed by atoms with E-state index in [2.05, 4.69) is 5.32 Å². The van der Waals surface area contributed by atoms with Crippen LogP contribution in [-0.4, -0.2) is 39.5 Å². The van der Waals surface area contributed by atoms with Crippen molar-refractivity contribution in [2.45, 2.75) is 38.3 Å². The highest BCUT2D eigenvalue weighted by molar-refractivity contribution is 5.99. The summed E-state index contributed by atoms with van der Waals surface area (Å²) in [5, 5.41) is 12.7. The lowest BCUT2D eigenvalue weighted by Crippen LogP contribution is -2.52. The number of halogens is 3. The maximum Gasteiger partial charge on any atom is 0.274 e. The maximum atomic E-state index is 13.8. The zero-order valence-corrected chi connectivity index (χ0v) is 16.7. The number of benzene rings is 1. The van der Waals surface area contributed by atoms with Crippen molar-refractivity contribution < 1.29 is 27.9 Å². The lowest BCUT2D eigenvalue weighted by atomic mass is 9.92. The number of aromatic nitrogens is 1. The number of fused-ring (bicyclic) bond motifs is 4. The third-order valence-corrected chi connectivity index (χ3v) is 5.96. The van der Waals surface area contributed by atoms with Crippen molar-refractivity contribution in [3.63, 3.8) is 0 Å². The molecule has 0 radical (unpaired) electrons. The summed E-state index contributed by atoms with van der Waals surface area (Å²) in [7, 11) is 0. The van der Waals surface area contributed by atoms with Crippen molar-refractivity contribution in [2.24, 2.45) is 0 Å². The largest absolute Gasteiger partial charge is 0.503 e. The Morgan fingerprint density at radius 2 is 1.87 bits per heavy atom. The average molecular weight is 435 g/mol. The highest BCUT2D eigenvalue weighted by Gasteiger charge is 2.43. The van der Waals surface area contributed by atoms with E-state index in [1.54, 1.807) is 4.90 Å². The van der Waals surface area contributed by atoms with Gasteiger partial charge in [-0.2, -0.15) is 0 Å². The molecule has 2 aromatic rings. The lowest BCUT2D eigenvalue weighted by Gasteiger charge is -2.42. The summed E-state index contributed by atoms with van der Waals surface area (Å²) in [5.41, 5.74) is -2.89. The van der Waals surface area contributed by atoms with Crippen LogP contribution in [0.4, 0.5) is 13.2 Å². The first kappa shape index (κ1) is 21.0. The van der Waals surface area contributed by atoms with Crippen LogP contribution in [0, 0.1) is 17.5 Å². The van der Waals surface area contributed by atoms with Crippen LogP contribution in [0.15, 0.2) is 23.1 Å². The Morgan fingerprint density at radius 3 is 2.55 bits per heavy atom. The summed E-state index contributed by atoms with van der Waals surface area (Å²) in [6, 6.07) is 0.961. The van der Waals surface area contributed by atoms with E-state index in [0.717, 1.165) is 12.8 Å². The van der Waals surface area contributed by atoms with Gasteiger partial charge in [0.15, 0.2) is 11.4 Å². The molecule has 4 rings (SSSR count). The van der Waals surface area contributed by atoms with E-state index in [4.69, 9.17) is 0 Å². The second-order valence-corrected chi connectivity index (χ2v) is 8.15. The number of carbonyl (C=O) groups is 2. The number of nitrogens with zero attached hydrogens (tertiary/aromatic N) is 2. The van der Waals surface area contributed by atoms with Crippen LogP contribution >= 0.6 is 0 Å². The van der Waals surface area contributed by atoms with Gasteiger partial charge in [0.2, 0.25) is 5.43 Å². The molecule has 0 unspecified atom stereocenters. The minimum atomic E-state index is -1.18. The summed E-state index contributed by atoms with van der Waals surface area (Å²) in [6.07, 6.45) is 3.48. The molecule has 7 nitrogen and oxygen atoms in total. The smallest absolute Gasteiger partial charge is 0.274 e. The Hall–Kier alpha value is -3.30. The Morgan fingerprint density at radius 1 is 1.19 bits per heavy atom. The predicted octanol–water partition coefficient (Wildman–Crippen LogP) is 2.26. The molecule has 2 aliphatic heterocycles. The molecule has 2 aliphatic rings. The van der Waals surface area contributed by atoms with Gasteiger partial charge in [-0.3, -0.25) is 14.4 Å². The van der Waals surface area contributed by atoms with Crippen LogP contribution in [0.25, 0.3) is 0 Å². The summed E-state index contributed by atoms with van der Waals surface area (Å²) < 4.78 is 42.2. The van der Waals surface area contributed by atoms with Gasteiger partial charge in [-0.15, -0.1) is 0 Å². The molecule has 0 aliphatic carbocycles. The quantitative estimate of drug-likeness (QED) is 0.774. The summed E-state index contributed by atoms with van der Waals surface area (Å²) in [4.78, 5) is 39.6. The molecule has 0 saturated carbocycles. The fourth-order valence-corrected chi connectivity index (χ4v) is 4.30. The topological polar surface area (TPSA) is 91.6 Å². The number of pyridine rings is 1. The van der Waals surface area contributed by atoms with Gasteiger partial charge in [0.25, 0.3) is 11.8 Å². The molecule has 0 spiro atoms. The third-order valence-electron chi connectivity index (χ3n) is 5.96. The first-order valence-corrected chi connectivity index (χ1v) is 9.82. The summed E-state index contributed by atoms with van der Waals surface area (Å²) in [5.74, 6) is -5.77. The molecule has 2 bridgehead atoms. The van der Waals surface area contributed by atoms with Crippen LogP contribution in [0.2, 0.25) is 0 Å². The second-order valence-electron chi connectivity index (χ2n) is 8.15. The summed E-state index contributed by atoms with van der Waals surface area (Å²) in [6.45, 7) is 2.12. The normalized spacial score (nSPS) is 20.3. The minimum absolute atomic E-state index is 0.173. The number of nitrogens with one attached hydrogen (secondary N) is 1. The molecule has 1 saturated heterocycles. The van der Waals surface area contributed by atoms with Crippen LogP contribution in [0.5, 0.6) is 5.75 Å². The lowest BCUT2D eigenvalue weighted by molar-refractivity contribution is 0.0592. The number of rotatable bonds is 3. The monoisotopic (exact) mass is 435 g/mol. The molecule has 2 N–H and O–H groups in total. The number of hydrogen-bond acceptors (Lipinski definition) is 4. The van der Waals surface area contributed by atoms with Crippen LogP contribution in [0.1, 0.15) is 52.6 Å². The number of hydrogen-bond donors (Lipinski definition) is 2. The number of aromatic hydroxyl groups is 1. The van der Waals surface area contributed by atoms with Gasteiger partial charge in [-0.1, -0.05) is 0 Å². The molecule has 2 amide bonds. The van der Waals surface area contributed by atoms with Crippen molar-refractivity contribution >= 4 is 11.8 Å². The van der Waals surface area contributed by atoms with E-state index in [9.17, 15) is 32.7 Å². The molecule has 1 atom stereocenters. The van der Waals surface area contributed by atoms with Gasteiger partial charge >= 0.3 is 0 Å². The Balaban J connectivity index is 1.71. The molecule has 31 heavy (non-hydrogen) atoms. The zero-order valence-electron chi connectivity index (χ0n) is 16.7. The van der Waals surface area contributed by atoms with Crippen molar-refractivity contribution in [1.82, 2.24) is 14.8 Å². The number of amides is 2. The predicted molar refractivity (Wildman–Crippen MR) is 103 cm³/mol. The van der Waals surface area contributed by atoms with E-state index in [0.29, 0.717) is 31.6 Å². The molecule has 10 heteroatoms. The molecule has 164 valence electrons. The zero-order chi connectivity index (χ0) is 22.5. The van der Waals surface area contributed by atoms with Crippen LogP contribution in [-0.2, 0) is 12.1 Å². The van der Waals surface area contributed by atoms with E-state index in [-0.39, 0.29) is 5.69 Å². The van der Waals surface area contributed by atoms with Gasteiger partial charge in [0.05, 0.1) is 5.54 Å². The fraction of sp³-hybridized carbons (Fsp3) is 0.381. The van der Waals surface area contributed by atoms with E-state index in [1.165, 1.54) is 10.8 Å². The Bertz CT molecular complexity index is 1140. The standard InChI is InChI=1S/C21H20F3N3O4/c1-21-4-2-3-5-26(10-21)20(31)16-18(29)17(28)13(9-27(16)21)19(30)25-8-12-14(23)6-11(22)7-15(12)24/h6-7,9,29H,2-5,8,10H2,1H3,(H,25,30)/t21-/m0/s1. The van der Waals surface area contributed by atoms with Gasteiger partial charge in [-0.05, 0) is 26.2 Å². The van der Waals surface area contributed by atoms with Crippen molar-refractivity contribution in [1.29, 1.82) is 0 Å². The van der Waals surface area contributed by atoms with Gasteiger partial charge in [0.1, 0.15) is 23.0 Å². The molecule has 3 heterocycles. The fourth-order valence-electron chi connectivity index (χ4n) is 4.30. The minimum Gasteiger partial charge on any atom is -0.503 e. The van der Waals surface area contributed by atoms with Crippen molar-refractivity contribution in [3.05, 3.63) is 62.8 Å². The molecule has 1 aromatic heterocycles. The highest BCUT2D eigenvalue weighted by Crippen LogP contribution is 2.36. The average Bonchev–Trinajstić information content (AvgIpc) is 2.88. The molecule has 1 aromatic carbocycles. The molecular formula is C21H20F3N3O4. The van der Waals surface area contributed by atoms with E-state index >= 15 is 0 Å². The Labute approximate surface area is 175 Å². The third kappa shape index (κ3) is 3.45. The summed E-state index contributed by atoms with van der Waals surface area (Å²) >= 11 is 0. The SMILES string of the molecule is C[C@]12CCCCN(C1)C(=O)c1c(O)c(=O)c(C(=O)NCc3c(F)cc(F)cc3F)cn12. The Kier molecular flexibility index (Phi) is 5.03. The van der Waals surface area contributed by atoms with E-state index < -0.39 is 63.7 Å². The van der Waals surface area contributed by atoms with Crippen LogP contribution in [0.3, 0.4) is 0 Å². The molecule has 1 fully saturated rings. The van der Waals surface area contributed by atoms with E-state index in [1.807, 2.05) is 6.92 Å². The van der Waals surface area contributed by atoms with Gasteiger partial charge < -0.3 is 19.9 Å². The first-order valence-electron chi connectivity index (χ1n) is 9.82. The first-order chi connectivity index (χ1) is 14.6. The second kappa shape index (κ2) is 7.44. The highest BCUT2D eigenvalue weighted by atomic mass is 19.1. The van der Waals surface area contributed by atoms with Gasteiger partial charge in [-0.25, -0.2) is 13.2 Å². The van der Waals surface area contributed by atoms with Crippen LogP contribution < -0.4 is 10.7 Å². The van der Waals surface area contributed by atoms with Gasteiger partial charge in [0, 0.05) is 43.5 Å².